The minimum absolute atomic E-state index is 0.0854. The first kappa shape index (κ1) is 22.0. The van der Waals surface area contributed by atoms with E-state index in [4.69, 9.17) is 23.7 Å². The van der Waals surface area contributed by atoms with Crippen molar-refractivity contribution in [3.05, 3.63) is 47.4 Å². The molecule has 0 aliphatic carbocycles. The summed E-state index contributed by atoms with van der Waals surface area (Å²) in [6, 6.07) is 9.36. The second kappa shape index (κ2) is 8.76. The molecule has 170 valence electrons. The SMILES string of the molecule is CCCCN1C(=O)/C(=C(\O)OC)[C@H]2[C@@H](OC)O[C@@H]3CO[C@@H](c4ccccc4)O[C@H]3[C@]21O. The normalized spacial score (nSPS) is 36.7. The average Bonchev–Trinajstić information content (AvgIpc) is 3.04. The first-order chi connectivity index (χ1) is 15.0. The average molecular weight is 435 g/mol. The van der Waals surface area contributed by atoms with Gasteiger partial charge in [-0.25, -0.2) is 0 Å². The summed E-state index contributed by atoms with van der Waals surface area (Å²) < 4.78 is 28.5. The van der Waals surface area contributed by atoms with E-state index in [0.717, 1.165) is 12.0 Å². The van der Waals surface area contributed by atoms with E-state index in [1.807, 2.05) is 37.3 Å². The Balaban J connectivity index is 1.78. The van der Waals surface area contributed by atoms with Crippen molar-refractivity contribution >= 4 is 5.91 Å². The zero-order valence-corrected chi connectivity index (χ0v) is 17.9. The molecular weight excluding hydrogens is 406 g/mol. The number of aliphatic hydroxyl groups excluding tert-OH is 1. The fourth-order valence-electron chi connectivity index (χ4n) is 4.66. The van der Waals surface area contributed by atoms with Crippen LogP contribution >= 0.6 is 0 Å². The second-order valence-electron chi connectivity index (χ2n) is 7.91. The van der Waals surface area contributed by atoms with Gasteiger partial charge in [-0.15, -0.1) is 0 Å². The van der Waals surface area contributed by atoms with Crippen LogP contribution in [0.25, 0.3) is 0 Å². The van der Waals surface area contributed by atoms with Crippen LogP contribution in [-0.4, -0.2) is 72.6 Å². The highest BCUT2D eigenvalue weighted by atomic mass is 16.7. The second-order valence-corrected chi connectivity index (χ2v) is 7.91. The third-order valence-electron chi connectivity index (χ3n) is 6.16. The summed E-state index contributed by atoms with van der Waals surface area (Å²) in [7, 11) is 2.68. The van der Waals surface area contributed by atoms with Crippen molar-refractivity contribution in [2.75, 3.05) is 27.4 Å². The van der Waals surface area contributed by atoms with Gasteiger partial charge >= 0.3 is 0 Å². The van der Waals surface area contributed by atoms with Crippen LogP contribution in [0, 0.1) is 5.92 Å². The molecule has 3 heterocycles. The maximum atomic E-state index is 13.3. The predicted molar refractivity (Wildman–Crippen MR) is 107 cm³/mol. The lowest BCUT2D eigenvalue weighted by Crippen LogP contribution is -2.70. The Labute approximate surface area is 181 Å². The lowest BCUT2D eigenvalue weighted by Gasteiger charge is -2.53. The molecule has 0 radical (unpaired) electrons. The van der Waals surface area contributed by atoms with Crippen molar-refractivity contribution in [2.45, 2.75) is 50.3 Å². The molecule has 0 spiro atoms. The fourth-order valence-corrected chi connectivity index (χ4v) is 4.66. The van der Waals surface area contributed by atoms with E-state index in [1.54, 1.807) is 0 Å². The largest absolute Gasteiger partial charge is 0.481 e. The number of nitrogens with zero attached hydrogens (tertiary/aromatic N) is 1. The number of ether oxygens (including phenoxy) is 5. The van der Waals surface area contributed by atoms with Gasteiger partial charge in [0, 0.05) is 19.2 Å². The summed E-state index contributed by atoms with van der Waals surface area (Å²) in [5.41, 5.74) is -1.11. The van der Waals surface area contributed by atoms with Gasteiger partial charge in [-0.3, -0.25) is 4.79 Å². The Morgan fingerprint density at radius 2 is 2.00 bits per heavy atom. The maximum Gasteiger partial charge on any atom is 0.286 e. The van der Waals surface area contributed by atoms with Gasteiger partial charge < -0.3 is 38.8 Å². The molecule has 9 heteroatoms. The van der Waals surface area contributed by atoms with Crippen LogP contribution in [0.3, 0.4) is 0 Å². The monoisotopic (exact) mass is 435 g/mol. The number of fused-ring (bicyclic) bond motifs is 3. The number of carbonyl (C=O) groups is 1. The Bertz CT molecular complexity index is 830. The van der Waals surface area contributed by atoms with Gasteiger partial charge in [-0.2, -0.15) is 0 Å². The van der Waals surface area contributed by atoms with E-state index >= 15 is 0 Å². The van der Waals surface area contributed by atoms with Crippen molar-refractivity contribution < 1.29 is 38.7 Å². The standard InChI is InChI=1S/C22H29NO8/c1-4-5-11-23-18(24)15(19(25)27-2)16-21(28-3)30-14-12-29-20(13-9-7-6-8-10-13)31-17(14)22(16,23)26/h6-10,14,16-17,20-21,25-26H,4-5,11-12H2,1-3H3/b19-15+/t14-,16+,17-,20-,21+,22-/m1/s1. The molecule has 2 N–H and O–H groups in total. The molecule has 3 fully saturated rings. The number of hydrogen-bond donors (Lipinski definition) is 2. The highest BCUT2D eigenvalue weighted by Crippen LogP contribution is 2.51. The molecule has 0 bridgehead atoms. The molecule has 0 aromatic heterocycles. The number of aliphatic hydroxyl groups is 2. The van der Waals surface area contributed by atoms with Crippen LogP contribution in [0.2, 0.25) is 0 Å². The summed E-state index contributed by atoms with van der Waals surface area (Å²) in [5.74, 6) is -2.13. The molecule has 1 aromatic rings. The molecule has 0 unspecified atom stereocenters. The lowest BCUT2D eigenvalue weighted by molar-refractivity contribution is -0.386. The van der Waals surface area contributed by atoms with E-state index in [0.29, 0.717) is 6.42 Å². The third kappa shape index (κ3) is 3.50. The fraction of sp³-hybridized carbons (Fsp3) is 0.591. The summed E-state index contributed by atoms with van der Waals surface area (Å²) in [4.78, 5) is 14.7. The Morgan fingerprint density at radius 1 is 1.26 bits per heavy atom. The molecule has 9 nitrogen and oxygen atoms in total. The van der Waals surface area contributed by atoms with Crippen LogP contribution in [0.4, 0.5) is 0 Å². The highest BCUT2D eigenvalue weighted by Gasteiger charge is 2.69. The lowest BCUT2D eigenvalue weighted by atomic mass is 9.82. The van der Waals surface area contributed by atoms with Gasteiger partial charge in [-0.05, 0) is 6.42 Å². The van der Waals surface area contributed by atoms with Crippen LogP contribution < -0.4 is 0 Å². The first-order valence-corrected chi connectivity index (χ1v) is 10.5. The zero-order chi connectivity index (χ0) is 22.2. The zero-order valence-electron chi connectivity index (χ0n) is 17.9. The summed E-state index contributed by atoms with van der Waals surface area (Å²) in [6.07, 6.45) is -1.86. The predicted octanol–water partition coefficient (Wildman–Crippen LogP) is 1.83. The minimum Gasteiger partial charge on any atom is -0.481 e. The van der Waals surface area contributed by atoms with Gasteiger partial charge in [0.15, 0.2) is 18.3 Å². The Morgan fingerprint density at radius 3 is 2.65 bits per heavy atom. The molecule has 3 aliphatic heterocycles. The number of unbranched alkanes of at least 4 members (excludes halogenated alkanes) is 1. The van der Waals surface area contributed by atoms with Crippen molar-refractivity contribution in [2.24, 2.45) is 5.92 Å². The third-order valence-corrected chi connectivity index (χ3v) is 6.16. The number of hydrogen-bond acceptors (Lipinski definition) is 8. The van der Waals surface area contributed by atoms with Crippen molar-refractivity contribution in [1.82, 2.24) is 4.90 Å². The summed E-state index contributed by atoms with van der Waals surface area (Å²) in [6.45, 7) is 2.42. The number of likely N-dealkylation sites (tertiary alicyclic amines) is 1. The molecule has 1 amide bonds. The Hall–Kier alpha value is -2.17. The van der Waals surface area contributed by atoms with Crippen molar-refractivity contribution in [3.8, 4) is 0 Å². The van der Waals surface area contributed by atoms with Crippen LogP contribution in [0.15, 0.2) is 41.9 Å². The van der Waals surface area contributed by atoms with Gasteiger partial charge in [0.2, 0.25) is 0 Å². The first-order valence-electron chi connectivity index (χ1n) is 10.5. The van der Waals surface area contributed by atoms with Crippen LogP contribution in [-0.2, 0) is 28.5 Å². The van der Waals surface area contributed by atoms with E-state index in [2.05, 4.69) is 0 Å². The van der Waals surface area contributed by atoms with E-state index in [-0.39, 0.29) is 18.7 Å². The molecule has 3 saturated heterocycles. The van der Waals surface area contributed by atoms with Crippen LogP contribution in [0.5, 0.6) is 0 Å². The number of methoxy groups -OCH3 is 2. The van der Waals surface area contributed by atoms with E-state index in [9.17, 15) is 15.0 Å². The molecule has 1 aromatic carbocycles. The molecule has 0 saturated carbocycles. The number of amides is 1. The summed E-state index contributed by atoms with van der Waals surface area (Å²) in [5, 5.41) is 22.5. The molecule has 31 heavy (non-hydrogen) atoms. The number of rotatable bonds is 6. The van der Waals surface area contributed by atoms with Gasteiger partial charge in [0.25, 0.3) is 11.9 Å². The van der Waals surface area contributed by atoms with Crippen molar-refractivity contribution in [1.29, 1.82) is 0 Å². The number of benzene rings is 1. The van der Waals surface area contributed by atoms with E-state index < -0.39 is 48.3 Å². The molecule has 4 rings (SSSR count). The summed E-state index contributed by atoms with van der Waals surface area (Å²) >= 11 is 0. The van der Waals surface area contributed by atoms with Gasteiger partial charge in [0.05, 0.1) is 19.6 Å². The van der Waals surface area contributed by atoms with Crippen LogP contribution in [0.1, 0.15) is 31.6 Å². The molecule has 6 atom stereocenters. The highest BCUT2D eigenvalue weighted by molar-refractivity contribution is 5.98. The smallest absolute Gasteiger partial charge is 0.286 e. The van der Waals surface area contributed by atoms with Gasteiger partial charge in [0.1, 0.15) is 17.8 Å². The topological polar surface area (TPSA) is 107 Å². The van der Waals surface area contributed by atoms with Crippen molar-refractivity contribution in [3.63, 3.8) is 0 Å². The van der Waals surface area contributed by atoms with Gasteiger partial charge in [-0.1, -0.05) is 43.7 Å². The Kier molecular flexibility index (Phi) is 6.23. The van der Waals surface area contributed by atoms with E-state index in [1.165, 1.54) is 19.1 Å². The maximum absolute atomic E-state index is 13.3. The molecular formula is C22H29NO8. The molecule has 3 aliphatic rings. The minimum atomic E-state index is -1.81. The number of carbonyl (C=O) groups excluding carboxylic acids is 1. The quantitative estimate of drug-likeness (QED) is 0.515.